The monoisotopic (exact) mass is 403 g/mol. The molecule has 1 atom stereocenters. The molecule has 1 aromatic carbocycles. The summed E-state index contributed by atoms with van der Waals surface area (Å²) in [5.41, 5.74) is 0.547. The number of cyclic esters (lactones) is 1. The van der Waals surface area contributed by atoms with Crippen LogP contribution in [0.2, 0.25) is 0 Å². The number of aryl methyl sites for hydroxylation is 1. The highest BCUT2D eigenvalue weighted by Gasteiger charge is 2.27. The van der Waals surface area contributed by atoms with Crippen molar-refractivity contribution in [3.8, 4) is 0 Å². The number of carbonyl (C=O) groups is 1. The van der Waals surface area contributed by atoms with Crippen LogP contribution in [0.5, 0.6) is 0 Å². The molecule has 1 aliphatic rings. The third-order valence-corrected chi connectivity index (χ3v) is 4.86. The van der Waals surface area contributed by atoms with E-state index < -0.39 is 23.1 Å². The second-order valence-electron chi connectivity index (χ2n) is 7.21. The Bertz CT molecular complexity index is 928. The lowest BCUT2D eigenvalue weighted by atomic mass is 10.1. The Morgan fingerprint density at radius 1 is 1.21 bits per heavy atom. The second kappa shape index (κ2) is 7.80. The van der Waals surface area contributed by atoms with Crippen LogP contribution in [-0.2, 0) is 21.1 Å². The van der Waals surface area contributed by atoms with Crippen molar-refractivity contribution in [2.24, 2.45) is 4.99 Å². The van der Waals surface area contributed by atoms with Crippen molar-refractivity contribution in [2.45, 2.75) is 33.2 Å². The molecular weight excluding hydrogens is 382 g/mol. The van der Waals surface area contributed by atoms with E-state index >= 15 is 0 Å². The number of ether oxygens (including phenoxy) is 1. The maximum absolute atomic E-state index is 12.1. The van der Waals surface area contributed by atoms with Gasteiger partial charge in [-0.25, -0.2) is 15.0 Å². The van der Waals surface area contributed by atoms with E-state index in [1.54, 1.807) is 43.3 Å². The number of benzene rings is 1. The zero-order valence-corrected chi connectivity index (χ0v) is 16.7. The van der Waals surface area contributed by atoms with Gasteiger partial charge >= 0.3 is 5.97 Å². The van der Waals surface area contributed by atoms with Gasteiger partial charge in [-0.2, -0.15) is 0 Å². The first-order chi connectivity index (χ1) is 13.1. The van der Waals surface area contributed by atoms with Gasteiger partial charge in [-0.05, 0) is 68.6 Å². The van der Waals surface area contributed by atoms with Gasteiger partial charge in [0.05, 0.1) is 5.54 Å². The fourth-order valence-electron chi connectivity index (χ4n) is 2.33. The van der Waals surface area contributed by atoms with Gasteiger partial charge in [0.1, 0.15) is 17.2 Å². The molecule has 8 nitrogen and oxygen atoms in total. The molecule has 148 valence electrons. The van der Waals surface area contributed by atoms with E-state index in [0.717, 1.165) is 5.76 Å². The van der Waals surface area contributed by atoms with Crippen molar-refractivity contribution in [3.05, 3.63) is 59.2 Å². The summed E-state index contributed by atoms with van der Waals surface area (Å²) in [4.78, 5) is 16.2. The van der Waals surface area contributed by atoms with Gasteiger partial charge in [-0.15, -0.1) is 4.72 Å². The Labute approximate surface area is 165 Å². The van der Waals surface area contributed by atoms with Crippen LogP contribution in [0.15, 0.2) is 51.5 Å². The lowest BCUT2D eigenvalue weighted by Crippen LogP contribution is -2.48. The highest BCUT2D eigenvalue weighted by molar-refractivity contribution is 7.90. The first kappa shape index (κ1) is 20.2. The van der Waals surface area contributed by atoms with Crippen molar-refractivity contribution in [1.82, 2.24) is 4.72 Å². The molecule has 0 fully saturated rings. The SMILES string of the molecule is Cc1ccc(/C=C2\N=C(c3ccc(N(O)[S+]([O-])NC(C)(C)C)cc3)OC2=O)o1. The van der Waals surface area contributed by atoms with Crippen LogP contribution in [0.3, 0.4) is 0 Å². The predicted molar refractivity (Wildman–Crippen MR) is 106 cm³/mol. The number of esters is 1. The second-order valence-corrected chi connectivity index (χ2v) is 8.25. The quantitative estimate of drug-likeness (QED) is 0.342. The van der Waals surface area contributed by atoms with E-state index in [4.69, 9.17) is 9.15 Å². The fraction of sp³-hybridized carbons (Fsp3) is 0.263. The Morgan fingerprint density at radius 2 is 1.89 bits per heavy atom. The smallest absolute Gasteiger partial charge is 0.363 e. The third-order valence-electron chi connectivity index (χ3n) is 3.55. The Kier molecular flexibility index (Phi) is 5.61. The van der Waals surface area contributed by atoms with Crippen LogP contribution >= 0.6 is 0 Å². The summed E-state index contributed by atoms with van der Waals surface area (Å²) in [6.07, 6.45) is 1.51. The first-order valence-electron chi connectivity index (χ1n) is 8.50. The lowest BCUT2D eigenvalue weighted by molar-refractivity contribution is -0.129. The topological polar surface area (TPSA) is 110 Å². The van der Waals surface area contributed by atoms with E-state index in [9.17, 15) is 14.6 Å². The average molecular weight is 403 g/mol. The number of anilines is 1. The molecule has 1 unspecified atom stereocenters. The maximum atomic E-state index is 12.1. The summed E-state index contributed by atoms with van der Waals surface area (Å²) < 4.78 is 26.1. The van der Waals surface area contributed by atoms with Crippen LogP contribution in [0.1, 0.15) is 37.9 Å². The lowest BCUT2D eigenvalue weighted by Gasteiger charge is -2.25. The van der Waals surface area contributed by atoms with Crippen molar-refractivity contribution in [3.63, 3.8) is 0 Å². The van der Waals surface area contributed by atoms with Crippen LogP contribution in [0.25, 0.3) is 6.08 Å². The van der Waals surface area contributed by atoms with Crippen molar-refractivity contribution < 1.29 is 23.7 Å². The number of hydrogen-bond acceptors (Lipinski definition) is 8. The summed E-state index contributed by atoms with van der Waals surface area (Å²) >= 11 is -1.82. The number of furan rings is 1. The molecule has 2 aromatic rings. The van der Waals surface area contributed by atoms with E-state index in [-0.39, 0.29) is 11.6 Å². The standard InChI is InChI=1S/C19H21N3O5S/c1-12-5-10-15(26-12)11-16-18(23)27-17(20-16)13-6-8-14(9-7-13)22(24)28(25)21-19(2,3)4/h5-11,21,24H,1-4H3/b16-11-. The van der Waals surface area contributed by atoms with E-state index in [1.807, 2.05) is 20.8 Å². The van der Waals surface area contributed by atoms with E-state index in [0.29, 0.717) is 21.5 Å². The summed E-state index contributed by atoms with van der Waals surface area (Å²) in [5.74, 6) is 0.802. The van der Waals surface area contributed by atoms with Crippen molar-refractivity contribution >= 4 is 35.2 Å². The average Bonchev–Trinajstić information content (AvgIpc) is 3.19. The number of carbonyl (C=O) groups excluding carboxylic acids is 1. The van der Waals surface area contributed by atoms with Gasteiger partial charge < -0.3 is 13.7 Å². The first-order valence-corrected chi connectivity index (χ1v) is 9.61. The minimum atomic E-state index is -1.82. The summed E-state index contributed by atoms with van der Waals surface area (Å²) in [6, 6.07) is 9.84. The highest BCUT2D eigenvalue weighted by atomic mass is 32.2. The molecule has 0 bridgehead atoms. The minimum absolute atomic E-state index is 0.132. The molecule has 0 saturated carbocycles. The van der Waals surface area contributed by atoms with Gasteiger partial charge in [0, 0.05) is 11.6 Å². The molecule has 1 aliphatic heterocycles. The Hall–Kier alpha value is -2.59. The molecule has 9 heteroatoms. The number of rotatable bonds is 5. The predicted octanol–water partition coefficient (Wildman–Crippen LogP) is 3.09. The molecule has 28 heavy (non-hydrogen) atoms. The van der Waals surface area contributed by atoms with Crippen molar-refractivity contribution in [1.29, 1.82) is 0 Å². The normalized spacial score (nSPS) is 16.9. The number of hydrogen-bond donors (Lipinski definition) is 2. The number of aliphatic imine (C=N–C) groups is 1. The fourth-order valence-corrected chi connectivity index (χ4v) is 3.25. The van der Waals surface area contributed by atoms with Crippen LogP contribution < -0.4 is 9.19 Å². The molecule has 3 rings (SSSR count). The molecule has 0 radical (unpaired) electrons. The molecule has 0 amide bonds. The van der Waals surface area contributed by atoms with Gasteiger partial charge in [-0.3, -0.25) is 0 Å². The molecular formula is C19H21N3O5S. The van der Waals surface area contributed by atoms with Gasteiger partial charge in [0.25, 0.3) is 0 Å². The van der Waals surface area contributed by atoms with Gasteiger partial charge in [0.15, 0.2) is 17.2 Å². The number of nitrogens with one attached hydrogen (secondary N) is 1. The van der Waals surface area contributed by atoms with E-state index in [2.05, 4.69) is 9.71 Å². The largest absolute Gasteiger partial charge is 0.572 e. The third kappa shape index (κ3) is 4.82. The summed E-state index contributed by atoms with van der Waals surface area (Å²) in [5, 5.41) is 10.1. The van der Waals surface area contributed by atoms with Gasteiger partial charge in [0.2, 0.25) is 5.90 Å². The summed E-state index contributed by atoms with van der Waals surface area (Å²) in [7, 11) is 0. The maximum Gasteiger partial charge on any atom is 0.363 e. The minimum Gasteiger partial charge on any atom is -0.572 e. The van der Waals surface area contributed by atoms with Crippen molar-refractivity contribution in [2.75, 3.05) is 4.47 Å². The molecule has 0 aliphatic carbocycles. The van der Waals surface area contributed by atoms with Crippen LogP contribution in [0, 0.1) is 6.92 Å². The zero-order valence-electron chi connectivity index (χ0n) is 15.9. The zero-order chi connectivity index (χ0) is 20.5. The number of nitrogens with zero attached hydrogens (tertiary/aromatic N) is 2. The van der Waals surface area contributed by atoms with Crippen LogP contribution in [0.4, 0.5) is 5.69 Å². The molecule has 0 spiro atoms. The molecule has 2 heterocycles. The van der Waals surface area contributed by atoms with Crippen LogP contribution in [-0.4, -0.2) is 27.2 Å². The van der Waals surface area contributed by atoms with Gasteiger partial charge in [-0.1, -0.05) is 0 Å². The highest BCUT2D eigenvalue weighted by Crippen LogP contribution is 2.23. The van der Waals surface area contributed by atoms with E-state index in [1.165, 1.54) is 6.08 Å². The molecule has 0 saturated heterocycles. The molecule has 1 aromatic heterocycles. The summed E-state index contributed by atoms with van der Waals surface area (Å²) in [6.45, 7) is 7.32. The Balaban J connectivity index is 1.75. The molecule has 2 N–H and O–H groups in total. The Morgan fingerprint density at radius 3 is 2.46 bits per heavy atom.